The van der Waals surface area contributed by atoms with E-state index < -0.39 is 0 Å². The molecule has 2 atom stereocenters. The lowest BCUT2D eigenvalue weighted by molar-refractivity contribution is 0.846. The quantitative estimate of drug-likeness (QED) is 0.722. The predicted octanol–water partition coefficient (Wildman–Crippen LogP) is 4.51. The van der Waals surface area contributed by atoms with Crippen LogP contribution >= 0.6 is 12.2 Å². The molecule has 0 unspecified atom stereocenters. The standard InChI is InChI=1S/C18H17N3S/c1-12-7-9-14(10-8-12)21-17(19-20-18(21)22)16-11-15(16)13-5-3-2-4-6-13/h2-10,15-16H,11H2,1H3,(H,20,22)/t15-,16+/m1/s1. The Labute approximate surface area is 134 Å². The van der Waals surface area contributed by atoms with E-state index in [4.69, 9.17) is 12.2 Å². The van der Waals surface area contributed by atoms with Gasteiger partial charge in [-0.05, 0) is 49.2 Å². The molecule has 1 N–H and O–H groups in total. The second-order valence-corrected chi connectivity index (χ2v) is 6.30. The third kappa shape index (κ3) is 2.29. The third-order valence-corrected chi connectivity index (χ3v) is 4.61. The first-order valence-corrected chi connectivity index (χ1v) is 7.94. The zero-order chi connectivity index (χ0) is 15.1. The summed E-state index contributed by atoms with van der Waals surface area (Å²) in [5.41, 5.74) is 3.71. The van der Waals surface area contributed by atoms with Crippen molar-refractivity contribution in [2.24, 2.45) is 0 Å². The highest BCUT2D eigenvalue weighted by Crippen LogP contribution is 2.54. The Balaban J connectivity index is 1.70. The minimum atomic E-state index is 0.441. The highest BCUT2D eigenvalue weighted by molar-refractivity contribution is 7.71. The molecule has 1 aromatic heterocycles. The van der Waals surface area contributed by atoms with Gasteiger partial charge in [-0.15, -0.1) is 0 Å². The van der Waals surface area contributed by atoms with E-state index in [0.717, 1.165) is 17.9 Å². The number of H-pyrrole nitrogens is 1. The van der Waals surface area contributed by atoms with Crippen LogP contribution in [0, 0.1) is 11.7 Å². The van der Waals surface area contributed by atoms with Crippen molar-refractivity contribution in [3.8, 4) is 5.69 Å². The monoisotopic (exact) mass is 307 g/mol. The van der Waals surface area contributed by atoms with Crippen LogP contribution in [0.25, 0.3) is 5.69 Å². The molecule has 3 nitrogen and oxygen atoms in total. The molecule has 1 fully saturated rings. The summed E-state index contributed by atoms with van der Waals surface area (Å²) in [6.07, 6.45) is 1.13. The summed E-state index contributed by atoms with van der Waals surface area (Å²) >= 11 is 5.43. The normalized spacial score (nSPS) is 20.0. The molecule has 0 spiro atoms. The minimum Gasteiger partial charge on any atom is -0.272 e. The largest absolute Gasteiger partial charge is 0.272 e. The second kappa shape index (κ2) is 5.21. The van der Waals surface area contributed by atoms with Gasteiger partial charge in [-0.25, -0.2) is 0 Å². The van der Waals surface area contributed by atoms with E-state index in [1.54, 1.807) is 0 Å². The topological polar surface area (TPSA) is 33.6 Å². The number of aromatic amines is 1. The Morgan fingerprint density at radius 1 is 1.05 bits per heavy atom. The van der Waals surface area contributed by atoms with Gasteiger partial charge in [0.15, 0.2) is 4.77 Å². The van der Waals surface area contributed by atoms with Crippen LogP contribution in [-0.4, -0.2) is 14.8 Å². The van der Waals surface area contributed by atoms with Crippen LogP contribution in [0.2, 0.25) is 0 Å². The van der Waals surface area contributed by atoms with Gasteiger partial charge in [0.05, 0.1) is 0 Å². The molecule has 0 radical (unpaired) electrons. The number of aryl methyl sites for hydroxylation is 1. The van der Waals surface area contributed by atoms with E-state index in [2.05, 4.69) is 76.3 Å². The summed E-state index contributed by atoms with van der Waals surface area (Å²) in [6.45, 7) is 2.09. The van der Waals surface area contributed by atoms with Gasteiger partial charge in [-0.1, -0.05) is 48.0 Å². The summed E-state index contributed by atoms with van der Waals surface area (Å²) in [7, 11) is 0. The summed E-state index contributed by atoms with van der Waals surface area (Å²) in [5, 5.41) is 7.46. The molecule has 0 saturated heterocycles. The molecule has 1 heterocycles. The average molecular weight is 307 g/mol. The number of benzene rings is 2. The fraction of sp³-hybridized carbons (Fsp3) is 0.222. The van der Waals surface area contributed by atoms with Gasteiger partial charge in [0, 0.05) is 11.6 Å². The third-order valence-electron chi connectivity index (χ3n) is 4.34. The molecule has 1 saturated carbocycles. The fourth-order valence-electron chi connectivity index (χ4n) is 3.05. The molecule has 2 aromatic carbocycles. The number of rotatable bonds is 3. The van der Waals surface area contributed by atoms with E-state index in [1.807, 2.05) is 0 Å². The maximum Gasteiger partial charge on any atom is 0.199 e. The Kier molecular flexibility index (Phi) is 3.19. The van der Waals surface area contributed by atoms with Crippen LogP contribution < -0.4 is 0 Å². The first-order valence-electron chi connectivity index (χ1n) is 7.53. The summed E-state index contributed by atoms with van der Waals surface area (Å²) in [5.74, 6) is 2.04. The fourth-order valence-corrected chi connectivity index (χ4v) is 3.29. The molecular weight excluding hydrogens is 290 g/mol. The van der Waals surface area contributed by atoms with Crippen LogP contribution in [0.5, 0.6) is 0 Å². The van der Waals surface area contributed by atoms with Crippen LogP contribution in [0.4, 0.5) is 0 Å². The highest BCUT2D eigenvalue weighted by atomic mass is 32.1. The molecule has 1 aliphatic carbocycles. The predicted molar refractivity (Wildman–Crippen MR) is 90.0 cm³/mol. The van der Waals surface area contributed by atoms with Crippen molar-refractivity contribution >= 4 is 12.2 Å². The van der Waals surface area contributed by atoms with E-state index in [1.165, 1.54) is 11.1 Å². The number of aromatic nitrogens is 3. The first-order chi connectivity index (χ1) is 10.7. The molecule has 0 bridgehead atoms. The Bertz CT molecular complexity index is 846. The van der Waals surface area contributed by atoms with Crippen molar-refractivity contribution < 1.29 is 0 Å². The van der Waals surface area contributed by atoms with Gasteiger partial charge in [0.25, 0.3) is 0 Å². The second-order valence-electron chi connectivity index (χ2n) is 5.92. The van der Waals surface area contributed by atoms with Gasteiger partial charge < -0.3 is 0 Å². The molecule has 4 rings (SSSR count). The van der Waals surface area contributed by atoms with Crippen molar-refractivity contribution in [1.29, 1.82) is 0 Å². The maximum absolute atomic E-state index is 5.43. The molecule has 1 aliphatic rings. The Morgan fingerprint density at radius 2 is 1.77 bits per heavy atom. The molecule has 22 heavy (non-hydrogen) atoms. The molecular formula is C18H17N3S. The van der Waals surface area contributed by atoms with Crippen molar-refractivity contribution in [2.75, 3.05) is 0 Å². The number of nitrogens with zero attached hydrogens (tertiary/aromatic N) is 2. The number of hydrogen-bond donors (Lipinski definition) is 1. The van der Waals surface area contributed by atoms with Gasteiger partial charge in [0.1, 0.15) is 5.82 Å². The van der Waals surface area contributed by atoms with Crippen molar-refractivity contribution in [1.82, 2.24) is 14.8 Å². The van der Waals surface area contributed by atoms with Gasteiger partial charge in [-0.3, -0.25) is 9.67 Å². The van der Waals surface area contributed by atoms with E-state index in [0.29, 0.717) is 16.6 Å². The summed E-state index contributed by atoms with van der Waals surface area (Å²) < 4.78 is 2.74. The van der Waals surface area contributed by atoms with Gasteiger partial charge >= 0.3 is 0 Å². The van der Waals surface area contributed by atoms with Crippen molar-refractivity contribution in [3.05, 3.63) is 76.3 Å². The molecule has 4 heteroatoms. The lowest BCUT2D eigenvalue weighted by Crippen LogP contribution is -2.01. The van der Waals surface area contributed by atoms with E-state index in [-0.39, 0.29) is 0 Å². The van der Waals surface area contributed by atoms with Crippen LogP contribution in [0.3, 0.4) is 0 Å². The van der Waals surface area contributed by atoms with E-state index >= 15 is 0 Å². The SMILES string of the molecule is Cc1ccc(-n2c([C@H]3C[C@@H]3c3ccccc3)n[nH]c2=S)cc1. The first kappa shape index (κ1) is 13.5. The van der Waals surface area contributed by atoms with E-state index in [9.17, 15) is 0 Å². The lowest BCUT2D eigenvalue weighted by Gasteiger charge is -2.07. The van der Waals surface area contributed by atoms with Gasteiger partial charge in [-0.2, -0.15) is 5.10 Å². The van der Waals surface area contributed by atoms with Crippen molar-refractivity contribution in [2.45, 2.75) is 25.2 Å². The van der Waals surface area contributed by atoms with Crippen LogP contribution in [0.1, 0.15) is 35.2 Å². The molecule has 0 amide bonds. The number of nitrogens with one attached hydrogen (secondary N) is 1. The maximum atomic E-state index is 5.43. The Hall–Kier alpha value is -2.20. The highest BCUT2D eigenvalue weighted by Gasteiger charge is 2.43. The van der Waals surface area contributed by atoms with Gasteiger partial charge in [0.2, 0.25) is 0 Å². The molecule has 0 aliphatic heterocycles. The lowest BCUT2D eigenvalue weighted by atomic mass is 10.1. The zero-order valence-corrected chi connectivity index (χ0v) is 13.2. The van der Waals surface area contributed by atoms with Crippen molar-refractivity contribution in [3.63, 3.8) is 0 Å². The summed E-state index contributed by atoms with van der Waals surface area (Å²) in [4.78, 5) is 0. The average Bonchev–Trinajstić information content (AvgIpc) is 3.25. The summed E-state index contributed by atoms with van der Waals surface area (Å²) in [6, 6.07) is 19.1. The minimum absolute atomic E-state index is 0.441. The Morgan fingerprint density at radius 3 is 2.50 bits per heavy atom. The smallest absolute Gasteiger partial charge is 0.199 e. The van der Waals surface area contributed by atoms with Crippen LogP contribution in [-0.2, 0) is 0 Å². The number of hydrogen-bond acceptors (Lipinski definition) is 2. The molecule has 110 valence electrons. The van der Waals surface area contributed by atoms with Crippen LogP contribution in [0.15, 0.2) is 54.6 Å². The molecule has 3 aromatic rings. The zero-order valence-electron chi connectivity index (χ0n) is 12.4.